The highest BCUT2D eigenvalue weighted by atomic mass is 79.9. The standard InChI is InChI=1S/C16H23BrN2O/c1-12-11-13(17)5-6-14(12)18-7-9-19(10-8-18)15(20)16(2,3)4/h5-6,11H,7-10H2,1-4H3. The average molecular weight is 339 g/mol. The van der Waals surface area contributed by atoms with Crippen molar-refractivity contribution in [2.45, 2.75) is 27.7 Å². The highest BCUT2D eigenvalue weighted by Gasteiger charge is 2.29. The van der Waals surface area contributed by atoms with Crippen molar-refractivity contribution >= 4 is 27.5 Å². The molecule has 1 aliphatic rings. The van der Waals surface area contributed by atoms with Gasteiger partial charge in [0.05, 0.1) is 0 Å². The Balaban J connectivity index is 2.03. The predicted molar refractivity (Wildman–Crippen MR) is 87.1 cm³/mol. The molecule has 1 fully saturated rings. The normalized spacial score (nSPS) is 16.4. The average Bonchev–Trinajstić information content (AvgIpc) is 2.37. The van der Waals surface area contributed by atoms with Gasteiger partial charge in [-0.25, -0.2) is 0 Å². The molecule has 110 valence electrons. The SMILES string of the molecule is Cc1cc(Br)ccc1N1CCN(C(=O)C(C)(C)C)CC1. The predicted octanol–water partition coefficient (Wildman–Crippen LogP) is 3.45. The molecule has 3 nitrogen and oxygen atoms in total. The van der Waals surface area contributed by atoms with E-state index in [4.69, 9.17) is 0 Å². The number of aryl methyl sites for hydroxylation is 1. The molecule has 0 unspecified atom stereocenters. The summed E-state index contributed by atoms with van der Waals surface area (Å²) >= 11 is 3.50. The second-order valence-corrected chi connectivity index (χ2v) is 7.38. The number of rotatable bonds is 1. The van der Waals surface area contributed by atoms with Crippen molar-refractivity contribution in [1.82, 2.24) is 4.90 Å². The summed E-state index contributed by atoms with van der Waals surface area (Å²) in [5.74, 6) is 0.254. The zero-order valence-electron chi connectivity index (χ0n) is 12.7. The summed E-state index contributed by atoms with van der Waals surface area (Å²) in [4.78, 5) is 16.6. The Bertz CT molecular complexity index is 500. The van der Waals surface area contributed by atoms with E-state index >= 15 is 0 Å². The molecule has 0 saturated carbocycles. The molecule has 0 aliphatic carbocycles. The van der Waals surface area contributed by atoms with Crippen molar-refractivity contribution in [1.29, 1.82) is 0 Å². The van der Waals surface area contributed by atoms with Crippen LogP contribution in [0.2, 0.25) is 0 Å². The third-order valence-corrected chi connectivity index (χ3v) is 4.20. The van der Waals surface area contributed by atoms with E-state index < -0.39 is 0 Å². The molecule has 1 heterocycles. The fourth-order valence-corrected chi connectivity index (χ4v) is 3.07. The summed E-state index contributed by atoms with van der Waals surface area (Å²) in [6.45, 7) is 11.5. The number of benzene rings is 1. The number of hydrogen-bond acceptors (Lipinski definition) is 2. The van der Waals surface area contributed by atoms with Gasteiger partial charge in [0.2, 0.25) is 5.91 Å². The molecule has 0 aromatic heterocycles. The van der Waals surface area contributed by atoms with Gasteiger partial charge in [0.25, 0.3) is 0 Å². The maximum absolute atomic E-state index is 12.3. The van der Waals surface area contributed by atoms with Crippen LogP contribution in [0.3, 0.4) is 0 Å². The number of nitrogens with zero attached hydrogens (tertiary/aromatic N) is 2. The van der Waals surface area contributed by atoms with Crippen LogP contribution < -0.4 is 4.90 Å². The fourth-order valence-electron chi connectivity index (χ4n) is 2.60. The number of hydrogen-bond donors (Lipinski definition) is 0. The van der Waals surface area contributed by atoms with Gasteiger partial charge in [-0.15, -0.1) is 0 Å². The van der Waals surface area contributed by atoms with Crippen molar-refractivity contribution in [3.63, 3.8) is 0 Å². The van der Waals surface area contributed by atoms with Gasteiger partial charge in [0, 0.05) is 41.8 Å². The molecular weight excluding hydrogens is 316 g/mol. The van der Waals surface area contributed by atoms with Gasteiger partial charge >= 0.3 is 0 Å². The third kappa shape index (κ3) is 3.35. The van der Waals surface area contributed by atoms with Gasteiger partial charge in [0.1, 0.15) is 0 Å². The highest BCUT2D eigenvalue weighted by molar-refractivity contribution is 9.10. The van der Waals surface area contributed by atoms with E-state index in [2.05, 4.69) is 46.0 Å². The van der Waals surface area contributed by atoms with Crippen LogP contribution in [0.1, 0.15) is 26.3 Å². The fraction of sp³-hybridized carbons (Fsp3) is 0.562. The van der Waals surface area contributed by atoms with E-state index in [-0.39, 0.29) is 11.3 Å². The maximum Gasteiger partial charge on any atom is 0.228 e. The Morgan fingerprint density at radius 2 is 1.75 bits per heavy atom. The summed E-state index contributed by atoms with van der Waals surface area (Å²) < 4.78 is 1.11. The van der Waals surface area contributed by atoms with E-state index in [0.717, 1.165) is 30.7 Å². The minimum absolute atomic E-state index is 0.254. The molecular formula is C16H23BrN2O. The molecule has 1 aromatic carbocycles. The Morgan fingerprint density at radius 1 is 1.15 bits per heavy atom. The monoisotopic (exact) mass is 338 g/mol. The number of piperazine rings is 1. The second-order valence-electron chi connectivity index (χ2n) is 6.46. The van der Waals surface area contributed by atoms with E-state index in [9.17, 15) is 4.79 Å². The van der Waals surface area contributed by atoms with Gasteiger partial charge in [-0.2, -0.15) is 0 Å². The van der Waals surface area contributed by atoms with Crippen molar-refractivity contribution in [2.24, 2.45) is 5.41 Å². The van der Waals surface area contributed by atoms with Crippen LogP contribution in [0.4, 0.5) is 5.69 Å². The van der Waals surface area contributed by atoms with E-state index in [1.165, 1.54) is 11.3 Å². The van der Waals surface area contributed by atoms with Crippen LogP contribution in [0.5, 0.6) is 0 Å². The Kier molecular flexibility index (Phi) is 4.43. The number of carbonyl (C=O) groups excluding carboxylic acids is 1. The van der Waals surface area contributed by atoms with Gasteiger partial charge in [0.15, 0.2) is 0 Å². The second kappa shape index (κ2) is 5.76. The van der Waals surface area contributed by atoms with Crippen LogP contribution in [-0.4, -0.2) is 37.0 Å². The zero-order chi connectivity index (χ0) is 14.9. The summed E-state index contributed by atoms with van der Waals surface area (Å²) in [6, 6.07) is 6.37. The van der Waals surface area contributed by atoms with Crippen LogP contribution in [-0.2, 0) is 4.79 Å². The lowest BCUT2D eigenvalue weighted by molar-refractivity contribution is -0.139. The van der Waals surface area contributed by atoms with Crippen LogP contribution in [0.15, 0.2) is 22.7 Å². The molecule has 2 rings (SSSR count). The Hall–Kier alpha value is -1.03. The van der Waals surface area contributed by atoms with Crippen LogP contribution >= 0.6 is 15.9 Å². The molecule has 0 N–H and O–H groups in total. The van der Waals surface area contributed by atoms with Crippen molar-refractivity contribution in [3.05, 3.63) is 28.2 Å². The first-order chi connectivity index (χ1) is 9.29. The lowest BCUT2D eigenvalue weighted by atomic mass is 9.94. The number of amides is 1. The van der Waals surface area contributed by atoms with Gasteiger partial charge < -0.3 is 9.80 Å². The van der Waals surface area contributed by atoms with Crippen LogP contribution in [0.25, 0.3) is 0 Å². The maximum atomic E-state index is 12.3. The molecule has 1 aliphatic heterocycles. The molecule has 0 radical (unpaired) electrons. The molecule has 0 atom stereocenters. The summed E-state index contributed by atoms with van der Waals surface area (Å²) in [5.41, 5.74) is 2.27. The highest BCUT2D eigenvalue weighted by Crippen LogP contribution is 2.26. The quantitative estimate of drug-likeness (QED) is 0.782. The van der Waals surface area contributed by atoms with Gasteiger partial charge in [-0.3, -0.25) is 4.79 Å². The number of anilines is 1. The van der Waals surface area contributed by atoms with Gasteiger partial charge in [-0.1, -0.05) is 36.7 Å². The lowest BCUT2D eigenvalue weighted by Gasteiger charge is -2.39. The summed E-state index contributed by atoms with van der Waals surface area (Å²) in [7, 11) is 0. The van der Waals surface area contributed by atoms with E-state index in [1.807, 2.05) is 25.7 Å². The van der Waals surface area contributed by atoms with Gasteiger partial charge in [-0.05, 0) is 30.7 Å². The van der Waals surface area contributed by atoms with Crippen molar-refractivity contribution in [2.75, 3.05) is 31.1 Å². The largest absolute Gasteiger partial charge is 0.368 e. The lowest BCUT2D eigenvalue weighted by Crippen LogP contribution is -2.51. The molecule has 0 bridgehead atoms. The van der Waals surface area contributed by atoms with E-state index in [1.54, 1.807) is 0 Å². The first-order valence-corrected chi connectivity index (χ1v) is 7.89. The zero-order valence-corrected chi connectivity index (χ0v) is 14.3. The van der Waals surface area contributed by atoms with Crippen LogP contribution in [0, 0.1) is 12.3 Å². The first kappa shape index (κ1) is 15.4. The number of halogens is 1. The molecule has 4 heteroatoms. The molecule has 20 heavy (non-hydrogen) atoms. The summed E-state index contributed by atoms with van der Waals surface area (Å²) in [5, 5.41) is 0. The smallest absolute Gasteiger partial charge is 0.228 e. The minimum Gasteiger partial charge on any atom is -0.368 e. The number of carbonyl (C=O) groups is 1. The third-order valence-electron chi connectivity index (χ3n) is 3.71. The Morgan fingerprint density at radius 3 is 2.25 bits per heavy atom. The Labute approximate surface area is 130 Å². The van der Waals surface area contributed by atoms with E-state index in [0.29, 0.717) is 0 Å². The molecule has 1 aromatic rings. The molecule has 1 saturated heterocycles. The topological polar surface area (TPSA) is 23.6 Å². The minimum atomic E-state index is -0.282. The van der Waals surface area contributed by atoms with Crippen molar-refractivity contribution in [3.8, 4) is 0 Å². The molecule has 0 spiro atoms. The first-order valence-electron chi connectivity index (χ1n) is 7.09. The molecule has 1 amide bonds. The summed E-state index contributed by atoms with van der Waals surface area (Å²) in [6.07, 6.45) is 0. The van der Waals surface area contributed by atoms with Crippen molar-refractivity contribution < 1.29 is 4.79 Å².